The summed E-state index contributed by atoms with van der Waals surface area (Å²) < 4.78 is 8.61. The summed E-state index contributed by atoms with van der Waals surface area (Å²) in [4.78, 5) is 8.17. The van der Waals surface area contributed by atoms with Crippen molar-refractivity contribution in [2.45, 2.75) is 12.5 Å². The number of hydrogen-bond acceptors (Lipinski definition) is 5. The molecule has 7 heteroatoms. The first-order valence-electron chi connectivity index (χ1n) is 6.54. The van der Waals surface area contributed by atoms with E-state index in [4.69, 9.17) is 4.74 Å². The molecule has 2 atom stereocenters. The maximum atomic E-state index is 5.86. The lowest BCUT2D eigenvalue weighted by molar-refractivity contribution is 0.0866. The van der Waals surface area contributed by atoms with Gasteiger partial charge in [-0.3, -0.25) is 4.68 Å². The molecular formula is C13H16BrN5O. The Bertz CT molecular complexity index is 588. The van der Waals surface area contributed by atoms with Crippen molar-refractivity contribution < 1.29 is 4.74 Å². The van der Waals surface area contributed by atoms with Crippen LogP contribution in [0.25, 0.3) is 0 Å². The number of aryl methyl sites for hydroxylation is 1. The lowest BCUT2D eigenvalue weighted by Crippen LogP contribution is -2.20. The summed E-state index contributed by atoms with van der Waals surface area (Å²) in [6, 6.07) is 2.02. The van der Waals surface area contributed by atoms with Gasteiger partial charge in [0, 0.05) is 38.5 Å². The molecular weight excluding hydrogens is 322 g/mol. The van der Waals surface area contributed by atoms with Crippen LogP contribution in [0.5, 0.6) is 0 Å². The SMILES string of the molecule is Cn1nccc1[C@@H]1OCC[C@H]1CNc1ncncc1Br. The summed E-state index contributed by atoms with van der Waals surface area (Å²) in [6.07, 6.45) is 6.21. The normalized spacial score (nSPS) is 22.1. The van der Waals surface area contributed by atoms with Crippen molar-refractivity contribution in [2.75, 3.05) is 18.5 Å². The standard InChI is InChI=1S/C13H16BrN5O/c1-19-11(2-4-18-19)12-9(3-5-20-12)6-16-13-10(14)7-15-8-17-13/h2,4,7-9,12H,3,5-6H2,1H3,(H,15,16,17)/t9-,12+/m0/s1. The summed E-state index contributed by atoms with van der Waals surface area (Å²) >= 11 is 3.44. The van der Waals surface area contributed by atoms with Gasteiger partial charge >= 0.3 is 0 Å². The van der Waals surface area contributed by atoms with E-state index >= 15 is 0 Å². The summed E-state index contributed by atoms with van der Waals surface area (Å²) in [5.41, 5.74) is 1.12. The number of anilines is 1. The highest BCUT2D eigenvalue weighted by molar-refractivity contribution is 9.10. The van der Waals surface area contributed by atoms with Gasteiger partial charge in [0.25, 0.3) is 0 Å². The molecule has 0 spiro atoms. The van der Waals surface area contributed by atoms with Crippen LogP contribution >= 0.6 is 15.9 Å². The van der Waals surface area contributed by atoms with Crippen molar-refractivity contribution in [3.05, 3.63) is 35.0 Å². The van der Waals surface area contributed by atoms with E-state index in [1.807, 2.05) is 24.0 Å². The van der Waals surface area contributed by atoms with Gasteiger partial charge < -0.3 is 10.1 Å². The molecule has 3 rings (SSSR count). The average molecular weight is 338 g/mol. The van der Waals surface area contributed by atoms with Crippen molar-refractivity contribution in [1.82, 2.24) is 19.7 Å². The first-order valence-corrected chi connectivity index (χ1v) is 7.34. The van der Waals surface area contributed by atoms with Crippen molar-refractivity contribution in [2.24, 2.45) is 13.0 Å². The summed E-state index contributed by atoms with van der Waals surface area (Å²) in [5.74, 6) is 1.22. The second kappa shape index (κ2) is 5.88. The monoisotopic (exact) mass is 337 g/mol. The zero-order chi connectivity index (χ0) is 13.9. The van der Waals surface area contributed by atoms with Gasteiger partial charge in [0.2, 0.25) is 0 Å². The minimum Gasteiger partial charge on any atom is -0.372 e. The third kappa shape index (κ3) is 2.69. The van der Waals surface area contributed by atoms with Gasteiger partial charge in [0.15, 0.2) is 0 Å². The molecule has 1 aliphatic heterocycles. The van der Waals surface area contributed by atoms with E-state index in [-0.39, 0.29) is 6.10 Å². The second-order valence-electron chi connectivity index (χ2n) is 4.82. The Morgan fingerprint density at radius 2 is 2.45 bits per heavy atom. The maximum Gasteiger partial charge on any atom is 0.143 e. The highest BCUT2D eigenvalue weighted by Crippen LogP contribution is 2.34. The Balaban J connectivity index is 1.68. The fourth-order valence-corrected chi connectivity index (χ4v) is 2.86. The van der Waals surface area contributed by atoms with E-state index in [0.29, 0.717) is 5.92 Å². The van der Waals surface area contributed by atoms with Gasteiger partial charge in [0.05, 0.1) is 10.2 Å². The maximum absolute atomic E-state index is 5.86. The molecule has 1 N–H and O–H groups in total. The van der Waals surface area contributed by atoms with Crippen LogP contribution in [0.2, 0.25) is 0 Å². The molecule has 20 heavy (non-hydrogen) atoms. The predicted molar refractivity (Wildman–Crippen MR) is 78.2 cm³/mol. The lowest BCUT2D eigenvalue weighted by Gasteiger charge is -2.19. The number of hydrogen-bond donors (Lipinski definition) is 1. The molecule has 2 aromatic heterocycles. The molecule has 0 aromatic carbocycles. The molecule has 6 nitrogen and oxygen atoms in total. The zero-order valence-corrected chi connectivity index (χ0v) is 12.7. The van der Waals surface area contributed by atoms with Crippen LogP contribution in [0.1, 0.15) is 18.2 Å². The minimum atomic E-state index is 0.0932. The molecule has 0 bridgehead atoms. The second-order valence-corrected chi connectivity index (χ2v) is 5.67. The molecule has 106 valence electrons. The van der Waals surface area contributed by atoms with Gasteiger partial charge in [-0.15, -0.1) is 0 Å². The van der Waals surface area contributed by atoms with Crippen molar-refractivity contribution in [1.29, 1.82) is 0 Å². The number of ether oxygens (including phenoxy) is 1. The smallest absolute Gasteiger partial charge is 0.143 e. The van der Waals surface area contributed by atoms with Crippen LogP contribution < -0.4 is 5.32 Å². The molecule has 3 heterocycles. The highest BCUT2D eigenvalue weighted by Gasteiger charge is 2.31. The Morgan fingerprint density at radius 1 is 1.55 bits per heavy atom. The van der Waals surface area contributed by atoms with Gasteiger partial charge in [-0.1, -0.05) is 0 Å². The Labute approximate surface area is 125 Å². The molecule has 0 radical (unpaired) electrons. The van der Waals surface area contributed by atoms with Gasteiger partial charge in [0.1, 0.15) is 18.2 Å². The molecule has 0 saturated carbocycles. The van der Waals surface area contributed by atoms with Crippen LogP contribution in [-0.4, -0.2) is 32.9 Å². The van der Waals surface area contributed by atoms with Gasteiger partial charge in [-0.05, 0) is 28.4 Å². The van der Waals surface area contributed by atoms with Crippen LogP contribution in [0, 0.1) is 5.92 Å². The first-order chi connectivity index (χ1) is 9.75. The van der Waals surface area contributed by atoms with E-state index < -0.39 is 0 Å². The molecule has 0 aliphatic carbocycles. The summed E-state index contributed by atoms with van der Waals surface area (Å²) in [6.45, 7) is 1.60. The fraction of sp³-hybridized carbons (Fsp3) is 0.462. The Hall–Kier alpha value is -1.47. The predicted octanol–water partition coefficient (Wildman–Crippen LogP) is 2.16. The molecule has 0 unspecified atom stereocenters. The Morgan fingerprint density at radius 3 is 3.20 bits per heavy atom. The van der Waals surface area contributed by atoms with Crippen LogP contribution in [-0.2, 0) is 11.8 Å². The van der Waals surface area contributed by atoms with E-state index in [1.165, 1.54) is 6.33 Å². The van der Waals surface area contributed by atoms with E-state index in [1.54, 1.807) is 6.20 Å². The molecule has 2 aromatic rings. The summed E-state index contributed by atoms with van der Waals surface area (Å²) in [5, 5.41) is 7.57. The summed E-state index contributed by atoms with van der Waals surface area (Å²) in [7, 11) is 1.95. The van der Waals surface area contributed by atoms with Crippen LogP contribution in [0.15, 0.2) is 29.3 Å². The number of nitrogens with zero attached hydrogens (tertiary/aromatic N) is 4. The van der Waals surface area contributed by atoms with Crippen molar-refractivity contribution in [3.63, 3.8) is 0 Å². The average Bonchev–Trinajstić information content (AvgIpc) is 3.06. The van der Waals surface area contributed by atoms with Crippen LogP contribution in [0.4, 0.5) is 5.82 Å². The lowest BCUT2D eigenvalue weighted by atomic mass is 9.99. The molecule has 0 amide bonds. The van der Waals surface area contributed by atoms with Gasteiger partial charge in [-0.2, -0.15) is 5.10 Å². The minimum absolute atomic E-state index is 0.0932. The Kier molecular flexibility index (Phi) is 3.98. The number of aromatic nitrogens is 4. The first kappa shape index (κ1) is 13.5. The van der Waals surface area contributed by atoms with E-state index in [0.717, 1.165) is 35.6 Å². The zero-order valence-electron chi connectivity index (χ0n) is 11.2. The number of rotatable bonds is 4. The third-order valence-electron chi connectivity index (χ3n) is 3.56. The number of halogens is 1. The van der Waals surface area contributed by atoms with Crippen molar-refractivity contribution >= 4 is 21.7 Å². The van der Waals surface area contributed by atoms with E-state index in [9.17, 15) is 0 Å². The molecule has 1 aliphatic rings. The largest absolute Gasteiger partial charge is 0.372 e. The van der Waals surface area contributed by atoms with E-state index in [2.05, 4.69) is 36.3 Å². The fourth-order valence-electron chi connectivity index (χ4n) is 2.50. The quantitative estimate of drug-likeness (QED) is 0.926. The van der Waals surface area contributed by atoms with Crippen molar-refractivity contribution in [3.8, 4) is 0 Å². The third-order valence-corrected chi connectivity index (χ3v) is 4.14. The van der Waals surface area contributed by atoms with Gasteiger partial charge in [-0.25, -0.2) is 9.97 Å². The topological polar surface area (TPSA) is 64.9 Å². The number of nitrogens with one attached hydrogen (secondary N) is 1. The highest BCUT2D eigenvalue weighted by atomic mass is 79.9. The molecule has 1 saturated heterocycles. The molecule has 1 fully saturated rings. The van der Waals surface area contributed by atoms with Crippen LogP contribution in [0.3, 0.4) is 0 Å².